The van der Waals surface area contributed by atoms with E-state index in [9.17, 15) is 27.2 Å². The van der Waals surface area contributed by atoms with Gasteiger partial charge in [0.05, 0.1) is 12.2 Å². The molecule has 0 heterocycles. The lowest BCUT2D eigenvalue weighted by Crippen LogP contribution is -2.33. The summed E-state index contributed by atoms with van der Waals surface area (Å²) in [6, 6.07) is 15.3. The first-order chi connectivity index (χ1) is 17.5. The summed E-state index contributed by atoms with van der Waals surface area (Å²) in [5, 5.41) is 0. The minimum atomic E-state index is -4.65. The van der Waals surface area contributed by atoms with Crippen molar-refractivity contribution in [3.05, 3.63) is 89.5 Å². The fraction of sp³-hybridized carbons (Fsp3) is 0.154. The van der Waals surface area contributed by atoms with Gasteiger partial charge in [-0.15, -0.1) is 0 Å². The summed E-state index contributed by atoms with van der Waals surface area (Å²) in [6.07, 6.45) is -5.75. The molecule has 3 aromatic rings. The smallest absolute Gasteiger partial charge is 0.428 e. The number of nitrogens with two attached hydrogens (primary N) is 2. The van der Waals surface area contributed by atoms with Crippen LogP contribution in [0.3, 0.4) is 0 Å². The maximum absolute atomic E-state index is 13.0. The second-order valence-electron chi connectivity index (χ2n) is 7.75. The minimum Gasteiger partial charge on any atom is -0.428 e. The monoisotopic (exact) mass is 518 g/mol. The van der Waals surface area contributed by atoms with E-state index in [0.717, 1.165) is 29.8 Å². The van der Waals surface area contributed by atoms with E-state index in [1.807, 2.05) is 0 Å². The number of hydrogen-bond acceptors (Lipinski definition) is 7. The molecule has 0 bridgehead atoms. The summed E-state index contributed by atoms with van der Waals surface area (Å²) in [5.74, 6) is -1.42. The molecule has 0 amide bonds. The maximum Gasteiger partial charge on any atom is 0.461 e. The Morgan fingerprint density at radius 2 is 1.49 bits per heavy atom. The van der Waals surface area contributed by atoms with Crippen LogP contribution in [0, 0.1) is 0 Å². The lowest BCUT2D eigenvalue weighted by molar-refractivity contribution is -0.253. The van der Waals surface area contributed by atoms with Crippen molar-refractivity contribution in [3.8, 4) is 11.5 Å². The standard InChI is InChI=1S/C26H22F4N2O5/c27-25(28)26(29,30)37-23-9-4-18(5-10-23)24(34)36-22-7-2-16(3-8-22)1-6-21(33)15-35-14-17-11-19(31)13-20(32)12-17/h1-13,25H,14-15,31-32H2. The molecule has 0 aliphatic rings. The molecule has 3 aromatic carbocycles. The number of nitrogen functional groups attached to an aromatic ring is 2. The van der Waals surface area contributed by atoms with E-state index in [0.29, 0.717) is 16.9 Å². The first kappa shape index (κ1) is 27.2. The van der Waals surface area contributed by atoms with Crippen LogP contribution in [0.15, 0.2) is 72.8 Å². The summed E-state index contributed by atoms with van der Waals surface area (Å²) >= 11 is 0. The fourth-order valence-corrected chi connectivity index (χ4v) is 3.01. The summed E-state index contributed by atoms with van der Waals surface area (Å²) < 4.78 is 64.8. The van der Waals surface area contributed by atoms with Crippen LogP contribution in [0.4, 0.5) is 28.9 Å². The third-order valence-corrected chi connectivity index (χ3v) is 4.70. The van der Waals surface area contributed by atoms with Crippen molar-refractivity contribution in [2.45, 2.75) is 19.1 Å². The van der Waals surface area contributed by atoms with Gasteiger partial charge in [0, 0.05) is 11.4 Å². The van der Waals surface area contributed by atoms with Crippen LogP contribution in [-0.2, 0) is 16.1 Å². The first-order valence-corrected chi connectivity index (χ1v) is 10.7. The summed E-state index contributed by atoms with van der Waals surface area (Å²) in [5.41, 5.74) is 13.8. The molecule has 0 unspecified atom stereocenters. The van der Waals surface area contributed by atoms with Gasteiger partial charge in [0.1, 0.15) is 18.1 Å². The van der Waals surface area contributed by atoms with Crippen LogP contribution in [0.1, 0.15) is 21.5 Å². The second kappa shape index (κ2) is 12.0. The van der Waals surface area contributed by atoms with Gasteiger partial charge in [-0.1, -0.05) is 18.2 Å². The zero-order valence-electron chi connectivity index (χ0n) is 19.2. The highest BCUT2D eigenvalue weighted by Crippen LogP contribution is 2.27. The highest BCUT2D eigenvalue weighted by molar-refractivity contribution is 5.94. The zero-order valence-corrected chi connectivity index (χ0v) is 19.2. The number of alkyl halides is 4. The number of esters is 1. The number of ether oxygens (including phenoxy) is 3. The molecule has 0 spiro atoms. The SMILES string of the molecule is Nc1cc(N)cc(COCC(=O)C=Cc2ccc(OC(=O)c3ccc(OC(F)(F)C(F)F)cc3)cc2)c1. The van der Waals surface area contributed by atoms with Gasteiger partial charge in [-0.2, -0.15) is 17.6 Å². The van der Waals surface area contributed by atoms with Gasteiger partial charge in [0.25, 0.3) is 0 Å². The molecule has 4 N–H and O–H groups in total. The Bertz CT molecular complexity index is 1240. The number of carbonyl (C=O) groups excluding carboxylic acids is 2. The zero-order chi connectivity index (χ0) is 27.0. The van der Waals surface area contributed by atoms with E-state index in [4.69, 9.17) is 20.9 Å². The predicted molar refractivity (Wildman–Crippen MR) is 128 cm³/mol. The van der Waals surface area contributed by atoms with Crippen molar-refractivity contribution in [1.29, 1.82) is 0 Å². The third kappa shape index (κ3) is 8.36. The second-order valence-corrected chi connectivity index (χ2v) is 7.75. The largest absolute Gasteiger partial charge is 0.461 e. The van der Waals surface area contributed by atoms with Gasteiger partial charge in [0.2, 0.25) is 0 Å². The lowest BCUT2D eigenvalue weighted by atomic mass is 10.2. The van der Waals surface area contributed by atoms with Crippen LogP contribution >= 0.6 is 0 Å². The summed E-state index contributed by atoms with van der Waals surface area (Å²) in [6.45, 7) is 0.0251. The predicted octanol–water partition coefficient (Wildman–Crippen LogP) is 5.11. The molecule has 7 nitrogen and oxygen atoms in total. The summed E-state index contributed by atoms with van der Waals surface area (Å²) in [7, 11) is 0. The van der Waals surface area contributed by atoms with Crippen molar-refractivity contribution in [1.82, 2.24) is 0 Å². The van der Waals surface area contributed by atoms with Crippen molar-refractivity contribution in [2.75, 3.05) is 18.1 Å². The molecule has 0 saturated carbocycles. The van der Waals surface area contributed by atoms with Gasteiger partial charge in [-0.25, -0.2) is 4.79 Å². The van der Waals surface area contributed by atoms with Gasteiger partial charge in [-0.05, 0) is 71.8 Å². The van der Waals surface area contributed by atoms with Crippen LogP contribution < -0.4 is 20.9 Å². The van der Waals surface area contributed by atoms with Gasteiger partial charge < -0.3 is 25.7 Å². The normalized spacial score (nSPS) is 11.6. The third-order valence-electron chi connectivity index (χ3n) is 4.70. The molecule has 0 radical (unpaired) electrons. The molecular formula is C26H22F4N2O5. The average molecular weight is 518 g/mol. The number of hydrogen-bond donors (Lipinski definition) is 2. The number of rotatable bonds is 11. The first-order valence-electron chi connectivity index (χ1n) is 10.7. The van der Waals surface area contributed by atoms with Crippen molar-refractivity contribution < 1.29 is 41.4 Å². The molecule has 0 saturated heterocycles. The van der Waals surface area contributed by atoms with E-state index in [1.54, 1.807) is 36.4 Å². The van der Waals surface area contributed by atoms with Crippen LogP contribution in [0.5, 0.6) is 11.5 Å². The quantitative estimate of drug-likeness (QED) is 0.119. The van der Waals surface area contributed by atoms with Gasteiger partial charge in [-0.3, -0.25) is 4.79 Å². The van der Waals surface area contributed by atoms with Crippen LogP contribution in [0.25, 0.3) is 6.08 Å². The topological polar surface area (TPSA) is 114 Å². The van der Waals surface area contributed by atoms with Crippen LogP contribution in [0.2, 0.25) is 0 Å². The van der Waals surface area contributed by atoms with E-state index in [1.165, 1.54) is 18.2 Å². The van der Waals surface area contributed by atoms with E-state index in [2.05, 4.69) is 4.74 Å². The Balaban J connectivity index is 1.48. The Labute approximate surface area is 209 Å². The minimum absolute atomic E-state index is 0.0110. The molecule has 11 heteroatoms. The van der Waals surface area contributed by atoms with E-state index >= 15 is 0 Å². The van der Waals surface area contributed by atoms with Gasteiger partial charge in [0.15, 0.2) is 5.78 Å². The molecule has 194 valence electrons. The number of anilines is 2. The summed E-state index contributed by atoms with van der Waals surface area (Å²) in [4.78, 5) is 24.3. The van der Waals surface area contributed by atoms with Crippen molar-refractivity contribution >= 4 is 29.2 Å². The highest BCUT2D eigenvalue weighted by Gasteiger charge is 2.43. The molecule has 37 heavy (non-hydrogen) atoms. The van der Waals surface area contributed by atoms with Crippen LogP contribution in [-0.4, -0.2) is 30.9 Å². The Kier molecular flexibility index (Phi) is 8.86. The molecular weight excluding hydrogens is 496 g/mol. The molecule has 0 fully saturated rings. The Morgan fingerprint density at radius 3 is 2.08 bits per heavy atom. The molecule has 0 aliphatic carbocycles. The Hall–Kier alpha value is -4.38. The van der Waals surface area contributed by atoms with Crippen molar-refractivity contribution in [2.24, 2.45) is 0 Å². The number of halogens is 4. The average Bonchev–Trinajstić information content (AvgIpc) is 2.83. The maximum atomic E-state index is 13.0. The number of ketones is 1. The number of carbonyl (C=O) groups is 2. The van der Waals surface area contributed by atoms with Crippen molar-refractivity contribution in [3.63, 3.8) is 0 Å². The molecule has 0 atom stereocenters. The highest BCUT2D eigenvalue weighted by atomic mass is 19.3. The lowest BCUT2D eigenvalue weighted by Gasteiger charge is -2.16. The van der Waals surface area contributed by atoms with E-state index < -0.39 is 24.3 Å². The van der Waals surface area contributed by atoms with E-state index in [-0.39, 0.29) is 30.3 Å². The number of benzene rings is 3. The molecule has 0 aromatic heterocycles. The molecule has 3 rings (SSSR count). The molecule has 0 aliphatic heterocycles. The fourth-order valence-electron chi connectivity index (χ4n) is 3.01. The van der Waals surface area contributed by atoms with Gasteiger partial charge >= 0.3 is 18.5 Å². The Morgan fingerprint density at radius 1 is 0.892 bits per heavy atom.